The van der Waals surface area contributed by atoms with E-state index in [1.54, 1.807) is 24.1 Å². The maximum absolute atomic E-state index is 12.8. The molecule has 1 heterocycles. The Hall–Kier alpha value is -2.51. The summed E-state index contributed by atoms with van der Waals surface area (Å²) in [7, 11) is 1.60. The van der Waals surface area contributed by atoms with Crippen molar-refractivity contribution in [3.63, 3.8) is 0 Å². The smallest absolute Gasteiger partial charge is 0.242 e. The molecule has 1 fully saturated rings. The lowest BCUT2D eigenvalue weighted by atomic mass is 10.1. The van der Waals surface area contributed by atoms with Gasteiger partial charge in [0.2, 0.25) is 11.8 Å². The molecule has 0 spiro atoms. The van der Waals surface area contributed by atoms with Gasteiger partial charge in [-0.1, -0.05) is 35.5 Å². The minimum atomic E-state index is -0.542. The van der Waals surface area contributed by atoms with Crippen LogP contribution in [0.1, 0.15) is 12.0 Å². The number of nitrogens with two attached hydrogens (primary N) is 1. The number of nitrogens with zero attached hydrogens (tertiary/aromatic N) is 2. The molecule has 2 N–H and O–H groups in total. The first-order chi connectivity index (χ1) is 13.5. The van der Waals surface area contributed by atoms with Crippen LogP contribution in [0, 0.1) is 0 Å². The van der Waals surface area contributed by atoms with E-state index in [1.165, 1.54) is 11.8 Å². The number of hydrogen-bond acceptors (Lipinski definition) is 5. The Kier molecular flexibility index (Phi) is 6.59. The van der Waals surface area contributed by atoms with Gasteiger partial charge in [-0.25, -0.2) is 4.99 Å². The van der Waals surface area contributed by atoms with Crippen LogP contribution in [0.3, 0.4) is 0 Å². The summed E-state index contributed by atoms with van der Waals surface area (Å²) >= 11 is 7.20. The summed E-state index contributed by atoms with van der Waals surface area (Å²) < 4.78 is 5.16. The van der Waals surface area contributed by atoms with Gasteiger partial charge in [0.25, 0.3) is 0 Å². The number of amides is 2. The number of ether oxygens (including phenoxy) is 1. The quantitative estimate of drug-likeness (QED) is 0.748. The molecule has 0 aromatic heterocycles. The van der Waals surface area contributed by atoms with Gasteiger partial charge in [-0.2, -0.15) is 0 Å². The van der Waals surface area contributed by atoms with Crippen molar-refractivity contribution in [3.05, 3.63) is 59.1 Å². The second-order valence-electron chi connectivity index (χ2n) is 6.24. The maximum atomic E-state index is 12.8. The Morgan fingerprint density at radius 1 is 1.21 bits per heavy atom. The lowest BCUT2D eigenvalue weighted by Gasteiger charge is -2.16. The molecule has 1 saturated heterocycles. The number of aliphatic imine (C=N–C) groups is 1. The number of methoxy groups -OCH3 is 1. The van der Waals surface area contributed by atoms with E-state index < -0.39 is 11.2 Å². The highest BCUT2D eigenvalue weighted by molar-refractivity contribution is 8.15. The Bertz CT molecular complexity index is 885. The number of hydrogen-bond donors (Lipinski definition) is 1. The van der Waals surface area contributed by atoms with Crippen LogP contribution in [0.15, 0.2) is 53.5 Å². The van der Waals surface area contributed by atoms with E-state index in [9.17, 15) is 9.59 Å². The lowest BCUT2D eigenvalue weighted by Crippen LogP contribution is -2.35. The maximum Gasteiger partial charge on any atom is 0.242 e. The fourth-order valence-corrected chi connectivity index (χ4v) is 4.10. The van der Waals surface area contributed by atoms with Crippen molar-refractivity contribution >= 4 is 46.0 Å². The molecule has 1 aliphatic rings. The van der Waals surface area contributed by atoms with Gasteiger partial charge in [0.1, 0.15) is 11.0 Å². The van der Waals surface area contributed by atoms with Crippen molar-refractivity contribution in [2.24, 2.45) is 10.7 Å². The zero-order valence-electron chi connectivity index (χ0n) is 15.3. The Morgan fingerprint density at radius 2 is 1.89 bits per heavy atom. The molecule has 3 rings (SSSR count). The SMILES string of the molecule is COc1ccc(N=C2S[C@@H](CC(N)=O)C(=O)N2CCc2ccc(Cl)cc2)cc1. The average molecular weight is 418 g/mol. The van der Waals surface area contributed by atoms with Crippen LogP contribution in [0.2, 0.25) is 5.02 Å². The number of benzene rings is 2. The first-order valence-electron chi connectivity index (χ1n) is 8.70. The summed E-state index contributed by atoms with van der Waals surface area (Å²) in [6.07, 6.45) is 0.636. The summed E-state index contributed by atoms with van der Waals surface area (Å²) in [5.41, 5.74) is 7.06. The van der Waals surface area contributed by atoms with E-state index in [0.717, 1.165) is 11.3 Å². The molecular weight excluding hydrogens is 398 g/mol. The van der Waals surface area contributed by atoms with Gasteiger partial charge in [0.05, 0.1) is 12.8 Å². The summed E-state index contributed by atoms with van der Waals surface area (Å²) in [4.78, 5) is 30.3. The number of halogens is 1. The monoisotopic (exact) mass is 417 g/mol. The first kappa shape index (κ1) is 20.2. The average Bonchev–Trinajstić information content (AvgIpc) is 2.96. The normalized spacial score (nSPS) is 17.9. The number of primary amides is 1. The third kappa shape index (κ3) is 5.05. The number of thioether (sulfide) groups is 1. The van der Waals surface area contributed by atoms with Gasteiger partial charge >= 0.3 is 0 Å². The van der Waals surface area contributed by atoms with Crippen LogP contribution in [0.5, 0.6) is 5.75 Å². The molecule has 0 bridgehead atoms. The molecule has 0 unspecified atom stereocenters. The molecule has 0 saturated carbocycles. The fourth-order valence-electron chi connectivity index (χ4n) is 2.77. The van der Waals surface area contributed by atoms with Crippen molar-refractivity contribution in [2.45, 2.75) is 18.1 Å². The van der Waals surface area contributed by atoms with E-state index in [-0.39, 0.29) is 12.3 Å². The van der Waals surface area contributed by atoms with Crippen molar-refractivity contribution in [2.75, 3.05) is 13.7 Å². The number of carbonyl (C=O) groups excluding carboxylic acids is 2. The second kappa shape index (κ2) is 9.12. The molecule has 1 aliphatic heterocycles. The Labute approximate surface area is 172 Å². The highest BCUT2D eigenvalue weighted by Gasteiger charge is 2.38. The zero-order chi connectivity index (χ0) is 20.1. The van der Waals surface area contributed by atoms with Gasteiger partial charge < -0.3 is 10.5 Å². The fraction of sp³-hybridized carbons (Fsp3) is 0.250. The third-order valence-corrected chi connectivity index (χ3v) is 5.67. The number of rotatable bonds is 7. The van der Waals surface area contributed by atoms with Crippen molar-refractivity contribution in [3.8, 4) is 5.75 Å². The van der Waals surface area contributed by atoms with Crippen molar-refractivity contribution < 1.29 is 14.3 Å². The number of amidine groups is 1. The van der Waals surface area contributed by atoms with Crippen molar-refractivity contribution in [1.82, 2.24) is 4.90 Å². The van der Waals surface area contributed by atoms with Crippen LogP contribution >= 0.6 is 23.4 Å². The van der Waals surface area contributed by atoms with Gasteiger partial charge in [-0.3, -0.25) is 14.5 Å². The van der Waals surface area contributed by atoms with Crippen LogP contribution in [-0.2, 0) is 16.0 Å². The van der Waals surface area contributed by atoms with E-state index in [1.807, 2.05) is 36.4 Å². The molecule has 6 nitrogen and oxygen atoms in total. The van der Waals surface area contributed by atoms with Gasteiger partial charge in [0, 0.05) is 18.0 Å². The Balaban J connectivity index is 1.80. The predicted molar refractivity (Wildman–Crippen MR) is 112 cm³/mol. The van der Waals surface area contributed by atoms with Crippen LogP contribution < -0.4 is 10.5 Å². The molecule has 0 radical (unpaired) electrons. The molecular formula is C20H20ClN3O3S. The molecule has 146 valence electrons. The third-order valence-electron chi connectivity index (χ3n) is 4.24. The molecule has 2 aromatic carbocycles. The Morgan fingerprint density at radius 3 is 2.50 bits per heavy atom. The van der Waals surface area contributed by atoms with E-state index >= 15 is 0 Å². The zero-order valence-corrected chi connectivity index (χ0v) is 16.9. The van der Waals surface area contributed by atoms with Crippen molar-refractivity contribution in [1.29, 1.82) is 0 Å². The van der Waals surface area contributed by atoms with Gasteiger partial charge in [0.15, 0.2) is 5.17 Å². The molecule has 2 aromatic rings. The molecule has 1 atom stereocenters. The van der Waals surface area contributed by atoms with Gasteiger partial charge in [-0.05, 0) is 48.4 Å². The standard InChI is InChI=1S/C20H20ClN3O3S/c1-27-16-8-6-15(7-9-16)23-20-24(19(26)17(28-20)12-18(22)25)11-10-13-2-4-14(21)5-3-13/h2-9,17H,10-12H2,1H3,(H2,22,25)/t17-/m0/s1. The van der Waals surface area contributed by atoms with Crippen LogP contribution in [0.25, 0.3) is 0 Å². The number of carbonyl (C=O) groups is 2. The molecule has 28 heavy (non-hydrogen) atoms. The highest BCUT2D eigenvalue weighted by atomic mass is 35.5. The van der Waals surface area contributed by atoms with E-state index in [4.69, 9.17) is 22.1 Å². The summed E-state index contributed by atoms with van der Waals surface area (Å²) in [5, 5.41) is 0.690. The minimum absolute atomic E-state index is 0.0113. The van der Waals surface area contributed by atoms with E-state index in [0.29, 0.717) is 28.8 Å². The summed E-state index contributed by atoms with van der Waals surface area (Å²) in [6.45, 7) is 0.456. The van der Waals surface area contributed by atoms with E-state index in [2.05, 4.69) is 4.99 Å². The molecule has 2 amide bonds. The predicted octanol–water partition coefficient (Wildman–Crippen LogP) is 3.40. The van der Waals surface area contributed by atoms with Crippen LogP contribution in [-0.4, -0.2) is 40.8 Å². The molecule has 0 aliphatic carbocycles. The first-order valence-corrected chi connectivity index (χ1v) is 9.95. The topological polar surface area (TPSA) is 85.0 Å². The molecule has 8 heteroatoms. The summed E-state index contributed by atoms with van der Waals surface area (Å²) in [5.74, 6) is 0.0736. The largest absolute Gasteiger partial charge is 0.497 e. The second-order valence-corrected chi connectivity index (χ2v) is 7.84. The van der Waals surface area contributed by atoms with Gasteiger partial charge in [-0.15, -0.1) is 0 Å². The summed E-state index contributed by atoms with van der Waals surface area (Å²) in [6, 6.07) is 14.7. The minimum Gasteiger partial charge on any atom is -0.497 e. The van der Waals surface area contributed by atoms with Crippen LogP contribution in [0.4, 0.5) is 5.69 Å². The highest BCUT2D eigenvalue weighted by Crippen LogP contribution is 2.32. The lowest BCUT2D eigenvalue weighted by molar-refractivity contribution is -0.128.